The summed E-state index contributed by atoms with van der Waals surface area (Å²) in [7, 11) is 0. The van der Waals surface area contributed by atoms with Gasteiger partial charge in [-0.2, -0.15) is 0 Å². The summed E-state index contributed by atoms with van der Waals surface area (Å²) in [5.41, 5.74) is 2.58. The Morgan fingerprint density at radius 3 is 2.71 bits per heavy atom. The number of benzene rings is 2. The van der Waals surface area contributed by atoms with E-state index < -0.39 is 0 Å². The lowest BCUT2D eigenvalue weighted by atomic mass is 9.92. The Morgan fingerprint density at radius 2 is 2.00 bits per heavy atom. The van der Waals surface area contributed by atoms with Gasteiger partial charge in [0.05, 0.1) is 4.47 Å². The first kappa shape index (κ1) is 14.6. The number of halogens is 1. The molecule has 3 rings (SSSR count). The van der Waals surface area contributed by atoms with Gasteiger partial charge in [-0.25, -0.2) is 0 Å². The van der Waals surface area contributed by atoms with Gasteiger partial charge in [0, 0.05) is 6.54 Å². The minimum absolute atomic E-state index is 0.601. The van der Waals surface area contributed by atoms with Crippen LogP contribution in [-0.4, -0.2) is 13.1 Å². The van der Waals surface area contributed by atoms with Gasteiger partial charge in [0.2, 0.25) is 0 Å². The molecule has 0 aliphatic carbocycles. The average molecular weight is 346 g/mol. The second-order valence-corrected chi connectivity index (χ2v) is 6.36. The maximum atomic E-state index is 5.90. The standard InChI is InChI=1S/C18H20BrNO/c19-17-11-15(16-7-4-10-20-12-16)8-9-18(17)21-13-14-5-2-1-3-6-14/h1-3,5-6,8-9,11,16,20H,4,7,10,12-13H2. The summed E-state index contributed by atoms with van der Waals surface area (Å²) in [6, 6.07) is 16.7. The molecule has 3 heteroatoms. The maximum absolute atomic E-state index is 5.90. The van der Waals surface area contributed by atoms with Crippen molar-refractivity contribution >= 4 is 15.9 Å². The van der Waals surface area contributed by atoms with E-state index in [9.17, 15) is 0 Å². The van der Waals surface area contributed by atoms with E-state index in [2.05, 4.69) is 51.6 Å². The predicted molar refractivity (Wildman–Crippen MR) is 89.8 cm³/mol. The second-order valence-electron chi connectivity index (χ2n) is 5.51. The molecule has 0 radical (unpaired) electrons. The van der Waals surface area contributed by atoms with Gasteiger partial charge in [0.25, 0.3) is 0 Å². The first-order valence-corrected chi connectivity index (χ1v) is 8.29. The molecule has 0 bridgehead atoms. The van der Waals surface area contributed by atoms with E-state index >= 15 is 0 Å². The van der Waals surface area contributed by atoms with Crippen LogP contribution in [0.1, 0.15) is 29.9 Å². The van der Waals surface area contributed by atoms with Gasteiger partial charge in [0.1, 0.15) is 12.4 Å². The van der Waals surface area contributed by atoms with Crippen molar-refractivity contribution in [3.63, 3.8) is 0 Å². The molecule has 1 aliphatic heterocycles. The molecule has 2 aromatic rings. The summed E-state index contributed by atoms with van der Waals surface area (Å²) in [5, 5.41) is 3.47. The van der Waals surface area contributed by atoms with E-state index in [1.807, 2.05) is 18.2 Å². The fourth-order valence-electron chi connectivity index (χ4n) is 2.76. The predicted octanol–water partition coefficient (Wildman–Crippen LogP) is 4.50. The third-order valence-corrected chi connectivity index (χ3v) is 4.58. The molecule has 1 saturated heterocycles. The van der Waals surface area contributed by atoms with Gasteiger partial charge in [0.15, 0.2) is 0 Å². The highest BCUT2D eigenvalue weighted by atomic mass is 79.9. The number of ether oxygens (including phenoxy) is 1. The summed E-state index contributed by atoms with van der Waals surface area (Å²) in [6.07, 6.45) is 2.53. The van der Waals surface area contributed by atoms with Crippen molar-refractivity contribution in [2.24, 2.45) is 0 Å². The van der Waals surface area contributed by atoms with Crippen molar-refractivity contribution in [1.82, 2.24) is 5.32 Å². The van der Waals surface area contributed by atoms with Crippen molar-refractivity contribution in [1.29, 1.82) is 0 Å². The lowest BCUT2D eigenvalue weighted by Crippen LogP contribution is -2.28. The highest BCUT2D eigenvalue weighted by Gasteiger charge is 2.16. The molecule has 2 aromatic carbocycles. The second kappa shape index (κ2) is 7.10. The number of nitrogens with one attached hydrogen (secondary N) is 1. The normalized spacial score (nSPS) is 18.4. The number of hydrogen-bond donors (Lipinski definition) is 1. The molecule has 21 heavy (non-hydrogen) atoms. The molecule has 1 unspecified atom stereocenters. The van der Waals surface area contributed by atoms with E-state index in [1.54, 1.807) is 0 Å². The van der Waals surface area contributed by atoms with Crippen molar-refractivity contribution < 1.29 is 4.74 Å². The van der Waals surface area contributed by atoms with Crippen molar-refractivity contribution in [3.8, 4) is 5.75 Å². The van der Waals surface area contributed by atoms with Gasteiger partial charge in [-0.3, -0.25) is 0 Å². The van der Waals surface area contributed by atoms with E-state index in [0.29, 0.717) is 12.5 Å². The molecule has 1 N–H and O–H groups in total. The zero-order valence-electron chi connectivity index (χ0n) is 12.0. The van der Waals surface area contributed by atoms with Crippen molar-refractivity contribution in [2.75, 3.05) is 13.1 Å². The van der Waals surface area contributed by atoms with Crippen LogP contribution in [0, 0.1) is 0 Å². The first-order chi connectivity index (χ1) is 10.3. The highest BCUT2D eigenvalue weighted by Crippen LogP contribution is 2.31. The van der Waals surface area contributed by atoms with Gasteiger partial charge in [-0.15, -0.1) is 0 Å². The molecule has 0 aromatic heterocycles. The van der Waals surface area contributed by atoms with E-state index in [4.69, 9.17) is 4.74 Å². The molecule has 0 spiro atoms. The summed E-state index contributed by atoms with van der Waals surface area (Å²) >= 11 is 3.64. The molecule has 0 saturated carbocycles. The van der Waals surface area contributed by atoms with Crippen LogP contribution in [0.15, 0.2) is 53.0 Å². The number of rotatable bonds is 4. The van der Waals surface area contributed by atoms with Crippen LogP contribution in [0.3, 0.4) is 0 Å². The number of hydrogen-bond acceptors (Lipinski definition) is 2. The van der Waals surface area contributed by atoms with Crippen LogP contribution in [-0.2, 0) is 6.61 Å². The Hall–Kier alpha value is -1.32. The van der Waals surface area contributed by atoms with Gasteiger partial charge in [-0.05, 0) is 64.5 Å². The highest BCUT2D eigenvalue weighted by molar-refractivity contribution is 9.10. The quantitative estimate of drug-likeness (QED) is 0.880. The van der Waals surface area contributed by atoms with Crippen LogP contribution in [0.4, 0.5) is 0 Å². The molecule has 1 fully saturated rings. The number of piperidine rings is 1. The lowest BCUT2D eigenvalue weighted by molar-refractivity contribution is 0.304. The third kappa shape index (κ3) is 3.86. The minimum Gasteiger partial charge on any atom is -0.488 e. The van der Waals surface area contributed by atoms with E-state index in [1.165, 1.54) is 24.0 Å². The zero-order valence-corrected chi connectivity index (χ0v) is 13.6. The molecule has 1 atom stereocenters. The monoisotopic (exact) mass is 345 g/mol. The van der Waals surface area contributed by atoms with Crippen LogP contribution in [0.25, 0.3) is 0 Å². The summed E-state index contributed by atoms with van der Waals surface area (Å²) in [6.45, 7) is 2.83. The molecule has 1 aliphatic rings. The fraction of sp³-hybridized carbons (Fsp3) is 0.333. The molecule has 1 heterocycles. The largest absolute Gasteiger partial charge is 0.488 e. The lowest BCUT2D eigenvalue weighted by Gasteiger charge is -2.23. The van der Waals surface area contributed by atoms with Gasteiger partial charge >= 0.3 is 0 Å². The van der Waals surface area contributed by atoms with Crippen LogP contribution in [0.2, 0.25) is 0 Å². The van der Waals surface area contributed by atoms with E-state index in [0.717, 1.165) is 23.3 Å². The Balaban J connectivity index is 1.66. The summed E-state index contributed by atoms with van der Waals surface area (Å²) in [4.78, 5) is 0. The first-order valence-electron chi connectivity index (χ1n) is 7.50. The molecular weight excluding hydrogens is 326 g/mol. The topological polar surface area (TPSA) is 21.3 Å². The minimum atomic E-state index is 0.601. The SMILES string of the molecule is Brc1cc(C2CCCNC2)ccc1OCc1ccccc1. The Labute approximate surface area is 134 Å². The summed E-state index contributed by atoms with van der Waals surface area (Å²) in [5.74, 6) is 1.53. The third-order valence-electron chi connectivity index (χ3n) is 3.96. The Morgan fingerprint density at radius 1 is 1.14 bits per heavy atom. The molecule has 2 nitrogen and oxygen atoms in total. The van der Waals surface area contributed by atoms with Crippen LogP contribution in [0.5, 0.6) is 5.75 Å². The smallest absolute Gasteiger partial charge is 0.134 e. The Bertz CT molecular complexity index is 579. The molecule has 0 amide bonds. The summed E-state index contributed by atoms with van der Waals surface area (Å²) < 4.78 is 6.95. The zero-order chi connectivity index (χ0) is 14.5. The van der Waals surface area contributed by atoms with Crippen molar-refractivity contribution in [3.05, 3.63) is 64.1 Å². The van der Waals surface area contributed by atoms with Crippen LogP contribution >= 0.6 is 15.9 Å². The maximum Gasteiger partial charge on any atom is 0.134 e. The average Bonchev–Trinajstić information content (AvgIpc) is 2.55. The van der Waals surface area contributed by atoms with Gasteiger partial charge < -0.3 is 10.1 Å². The van der Waals surface area contributed by atoms with Gasteiger partial charge in [-0.1, -0.05) is 36.4 Å². The molecule has 110 valence electrons. The van der Waals surface area contributed by atoms with E-state index in [-0.39, 0.29) is 0 Å². The fourth-order valence-corrected chi connectivity index (χ4v) is 3.27. The van der Waals surface area contributed by atoms with Crippen LogP contribution < -0.4 is 10.1 Å². The molecular formula is C18H20BrNO. The van der Waals surface area contributed by atoms with Crippen molar-refractivity contribution in [2.45, 2.75) is 25.4 Å². The Kier molecular flexibility index (Phi) is 4.94.